The summed E-state index contributed by atoms with van der Waals surface area (Å²) in [6.07, 6.45) is 1.09. The van der Waals surface area contributed by atoms with Gasteiger partial charge in [0.25, 0.3) is 0 Å². The number of halogens is 1. The van der Waals surface area contributed by atoms with Crippen LogP contribution in [0.3, 0.4) is 0 Å². The van der Waals surface area contributed by atoms with Gasteiger partial charge in [-0.25, -0.2) is 0 Å². The second-order valence-electron chi connectivity index (χ2n) is 4.82. The van der Waals surface area contributed by atoms with E-state index < -0.39 is 0 Å². The van der Waals surface area contributed by atoms with Crippen LogP contribution in [0.2, 0.25) is 0 Å². The number of benzene rings is 1. The van der Waals surface area contributed by atoms with Gasteiger partial charge in [0.15, 0.2) is 0 Å². The number of methoxy groups -OCH3 is 2. The zero-order valence-corrected chi connectivity index (χ0v) is 12.9. The van der Waals surface area contributed by atoms with Crippen LogP contribution in [0.5, 0.6) is 5.75 Å². The van der Waals surface area contributed by atoms with Gasteiger partial charge in [0.2, 0.25) is 0 Å². The Morgan fingerprint density at radius 1 is 1.42 bits per heavy atom. The highest BCUT2D eigenvalue weighted by Crippen LogP contribution is 2.27. The maximum absolute atomic E-state index is 9.46. The summed E-state index contributed by atoms with van der Waals surface area (Å²) in [5, 5.41) is 9.46. The highest BCUT2D eigenvalue weighted by Gasteiger charge is 2.31. The van der Waals surface area contributed by atoms with Crippen molar-refractivity contribution in [2.45, 2.75) is 25.1 Å². The van der Waals surface area contributed by atoms with E-state index in [1.54, 1.807) is 14.2 Å². The third-order valence-electron chi connectivity index (χ3n) is 3.66. The Labute approximate surface area is 122 Å². The first-order valence-electron chi connectivity index (χ1n) is 6.38. The zero-order valence-electron chi connectivity index (χ0n) is 11.3. The fourth-order valence-corrected chi connectivity index (χ4v) is 2.88. The standard InChI is InChI=1S/C14H20BrNO3/c1-18-12-3-4-14(15)10(5-12)7-16-8-13(19-2)6-11(16)9-17/h3-5,11,13,17H,6-9H2,1-2H3/t11-,13+/m0/s1. The molecule has 2 rings (SSSR count). The Morgan fingerprint density at radius 3 is 2.84 bits per heavy atom. The lowest BCUT2D eigenvalue weighted by Gasteiger charge is -2.23. The van der Waals surface area contributed by atoms with Crippen molar-refractivity contribution in [3.8, 4) is 5.75 Å². The summed E-state index contributed by atoms with van der Waals surface area (Å²) in [5.41, 5.74) is 1.16. The summed E-state index contributed by atoms with van der Waals surface area (Å²) < 4.78 is 11.7. The summed E-state index contributed by atoms with van der Waals surface area (Å²) in [7, 11) is 3.39. The molecule has 1 saturated heterocycles. The van der Waals surface area contributed by atoms with Gasteiger partial charge < -0.3 is 14.6 Å². The van der Waals surface area contributed by atoms with Gasteiger partial charge in [-0.1, -0.05) is 15.9 Å². The number of ether oxygens (including phenoxy) is 2. The second-order valence-corrected chi connectivity index (χ2v) is 5.67. The van der Waals surface area contributed by atoms with E-state index in [-0.39, 0.29) is 18.8 Å². The fourth-order valence-electron chi connectivity index (χ4n) is 2.51. The van der Waals surface area contributed by atoms with E-state index in [1.807, 2.05) is 18.2 Å². The molecule has 1 aliphatic rings. The largest absolute Gasteiger partial charge is 0.497 e. The molecule has 0 spiro atoms. The molecule has 0 aliphatic carbocycles. The molecule has 2 atom stereocenters. The molecule has 0 unspecified atom stereocenters. The van der Waals surface area contributed by atoms with E-state index in [0.29, 0.717) is 0 Å². The van der Waals surface area contributed by atoms with Crippen LogP contribution in [0.4, 0.5) is 0 Å². The SMILES string of the molecule is COc1ccc(Br)c(CN2C[C@H](OC)C[C@H]2CO)c1. The fraction of sp³-hybridized carbons (Fsp3) is 0.571. The van der Waals surface area contributed by atoms with Crippen molar-refractivity contribution in [1.82, 2.24) is 4.90 Å². The first-order valence-corrected chi connectivity index (χ1v) is 7.17. The normalized spacial score (nSPS) is 23.8. The van der Waals surface area contributed by atoms with Gasteiger partial charge in [0, 0.05) is 30.7 Å². The number of aliphatic hydroxyl groups excluding tert-OH is 1. The molecule has 19 heavy (non-hydrogen) atoms. The zero-order chi connectivity index (χ0) is 13.8. The topological polar surface area (TPSA) is 41.9 Å². The molecule has 5 heteroatoms. The summed E-state index contributed by atoms with van der Waals surface area (Å²) >= 11 is 3.56. The van der Waals surface area contributed by atoms with Crippen molar-refractivity contribution in [1.29, 1.82) is 0 Å². The van der Waals surface area contributed by atoms with Crippen LogP contribution in [0.1, 0.15) is 12.0 Å². The molecule has 1 heterocycles. The summed E-state index contributed by atoms with van der Waals surface area (Å²) in [5.74, 6) is 0.848. The molecule has 1 aromatic rings. The molecule has 4 nitrogen and oxygen atoms in total. The van der Waals surface area contributed by atoms with Crippen molar-refractivity contribution < 1.29 is 14.6 Å². The van der Waals surface area contributed by atoms with Crippen LogP contribution in [-0.2, 0) is 11.3 Å². The van der Waals surface area contributed by atoms with Gasteiger partial charge in [-0.05, 0) is 30.2 Å². The lowest BCUT2D eigenvalue weighted by atomic mass is 10.1. The predicted octanol–water partition coefficient (Wildman–Crippen LogP) is 2.04. The molecule has 106 valence electrons. The van der Waals surface area contributed by atoms with Crippen LogP contribution >= 0.6 is 15.9 Å². The smallest absolute Gasteiger partial charge is 0.119 e. The summed E-state index contributed by atoms with van der Waals surface area (Å²) in [6, 6.07) is 6.12. The van der Waals surface area contributed by atoms with Gasteiger partial charge in [-0.15, -0.1) is 0 Å². The van der Waals surface area contributed by atoms with Gasteiger partial charge in [0.05, 0.1) is 19.8 Å². The molecular formula is C14H20BrNO3. The minimum Gasteiger partial charge on any atom is -0.497 e. The third kappa shape index (κ3) is 3.48. The lowest BCUT2D eigenvalue weighted by Crippen LogP contribution is -2.32. The maximum Gasteiger partial charge on any atom is 0.119 e. The lowest BCUT2D eigenvalue weighted by molar-refractivity contribution is 0.107. The quantitative estimate of drug-likeness (QED) is 0.897. The summed E-state index contributed by atoms with van der Waals surface area (Å²) in [6.45, 7) is 1.80. The molecule has 0 aromatic heterocycles. The Kier molecular flexibility index (Phi) is 5.21. The average molecular weight is 330 g/mol. The van der Waals surface area contributed by atoms with E-state index in [9.17, 15) is 5.11 Å². The first-order chi connectivity index (χ1) is 9.17. The molecule has 1 aliphatic heterocycles. The molecular weight excluding hydrogens is 310 g/mol. The number of hydrogen-bond donors (Lipinski definition) is 1. The van der Waals surface area contributed by atoms with Crippen LogP contribution < -0.4 is 4.74 Å². The molecule has 0 saturated carbocycles. The monoisotopic (exact) mass is 329 g/mol. The van der Waals surface area contributed by atoms with E-state index in [2.05, 4.69) is 20.8 Å². The van der Waals surface area contributed by atoms with E-state index in [0.717, 1.165) is 35.3 Å². The number of likely N-dealkylation sites (tertiary alicyclic amines) is 1. The van der Waals surface area contributed by atoms with E-state index in [4.69, 9.17) is 9.47 Å². The Hall–Kier alpha value is -0.620. The van der Waals surface area contributed by atoms with E-state index in [1.165, 1.54) is 0 Å². The Bertz CT molecular complexity index is 427. The first kappa shape index (κ1) is 14.8. The van der Waals surface area contributed by atoms with Crippen LogP contribution in [0.15, 0.2) is 22.7 Å². The molecule has 1 N–H and O–H groups in total. The second kappa shape index (κ2) is 6.70. The predicted molar refractivity (Wildman–Crippen MR) is 77.4 cm³/mol. The third-order valence-corrected chi connectivity index (χ3v) is 4.43. The van der Waals surface area contributed by atoms with Gasteiger partial charge in [-0.2, -0.15) is 0 Å². The Morgan fingerprint density at radius 2 is 2.21 bits per heavy atom. The van der Waals surface area contributed by atoms with Crippen molar-refractivity contribution in [2.75, 3.05) is 27.4 Å². The van der Waals surface area contributed by atoms with Crippen molar-refractivity contribution in [3.05, 3.63) is 28.2 Å². The van der Waals surface area contributed by atoms with Crippen LogP contribution in [0.25, 0.3) is 0 Å². The summed E-state index contributed by atoms with van der Waals surface area (Å²) in [4.78, 5) is 2.26. The van der Waals surface area contributed by atoms with Crippen molar-refractivity contribution in [2.24, 2.45) is 0 Å². The van der Waals surface area contributed by atoms with Gasteiger partial charge in [-0.3, -0.25) is 4.90 Å². The number of nitrogens with zero attached hydrogens (tertiary/aromatic N) is 1. The molecule has 0 bridgehead atoms. The maximum atomic E-state index is 9.46. The van der Waals surface area contributed by atoms with Crippen molar-refractivity contribution >= 4 is 15.9 Å². The number of hydrogen-bond acceptors (Lipinski definition) is 4. The Balaban J connectivity index is 2.11. The van der Waals surface area contributed by atoms with Gasteiger partial charge in [0.1, 0.15) is 5.75 Å². The van der Waals surface area contributed by atoms with Gasteiger partial charge >= 0.3 is 0 Å². The van der Waals surface area contributed by atoms with Crippen molar-refractivity contribution in [3.63, 3.8) is 0 Å². The van der Waals surface area contributed by atoms with Crippen LogP contribution in [-0.4, -0.2) is 49.5 Å². The molecule has 1 fully saturated rings. The number of rotatable bonds is 5. The average Bonchev–Trinajstić information content (AvgIpc) is 2.83. The highest BCUT2D eigenvalue weighted by atomic mass is 79.9. The van der Waals surface area contributed by atoms with E-state index >= 15 is 0 Å². The molecule has 0 amide bonds. The minimum absolute atomic E-state index is 0.168. The number of aliphatic hydroxyl groups is 1. The molecule has 0 radical (unpaired) electrons. The highest BCUT2D eigenvalue weighted by molar-refractivity contribution is 9.10. The minimum atomic E-state index is 0.168. The van der Waals surface area contributed by atoms with Crippen LogP contribution in [0, 0.1) is 0 Å². The molecule has 1 aromatic carbocycles.